The largest absolute Gasteiger partial charge is 0.493 e. The molecular formula is C20H24N2O5. The number of rotatable bonds is 9. The SMILES string of the molecule is COC(=O)c1ccc(NC(=O)CNCCc2ccc(OC)c(OC)c2)cc1. The Bertz CT molecular complexity index is 774. The molecule has 2 rings (SSSR count). The summed E-state index contributed by atoms with van der Waals surface area (Å²) in [6.07, 6.45) is 0.751. The van der Waals surface area contributed by atoms with E-state index in [0.717, 1.165) is 12.0 Å². The molecule has 0 aliphatic carbocycles. The molecule has 0 fully saturated rings. The van der Waals surface area contributed by atoms with Gasteiger partial charge in [-0.05, 0) is 54.9 Å². The number of esters is 1. The van der Waals surface area contributed by atoms with E-state index in [-0.39, 0.29) is 12.5 Å². The van der Waals surface area contributed by atoms with E-state index in [1.807, 2.05) is 18.2 Å². The maximum absolute atomic E-state index is 12.0. The van der Waals surface area contributed by atoms with Crippen LogP contribution in [0.3, 0.4) is 0 Å². The summed E-state index contributed by atoms with van der Waals surface area (Å²) in [6.45, 7) is 0.830. The number of amides is 1. The van der Waals surface area contributed by atoms with Crippen LogP contribution in [0.15, 0.2) is 42.5 Å². The van der Waals surface area contributed by atoms with Gasteiger partial charge in [-0.25, -0.2) is 4.79 Å². The van der Waals surface area contributed by atoms with Gasteiger partial charge in [0.15, 0.2) is 11.5 Å². The van der Waals surface area contributed by atoms with Crippen LogP contribution in [0.1, 0.15) is 15.9 Å². The first-order chi connectivity index (χ1) is 13.1. The van der Waals surface area contributed by atoms with Crippen LogP contribution >= 0.6 is 0 Å². The molecule has 0 saturated carbocycles. The third kappa shape index (κ3) is 6.00. The Morgan fingerprint density at radius 3 is 2.26 bits per heavy atom. The van der Waals surface area contributed by atoms with Crippen molar-refractivity contribution in [1.29, 1.82) is 0 Å². The standard InChI is InChI=1S/C20H24N2O5/c1-25-17-9-4-14(12-18(17)26-2)10-11-21-13-19(23)22-16-7-5-15(6-8-16)20(24)27-3/h4-9,12,21H,10-11,13H2,1-3H3,(H,22,23). The fourth-order valence-electron chi connectivity index (χ4n) is 2.48. The number of methoxy groups -OCH3 is 3. The number of hydrogen-bond donors (Lipinski definition) is 2. The van der Waals surface area contributed by atoms with Gasteiger partial charge in [0, 0.05) is 5.69 Å². The van der Waals surface area contributed by atoms with E-state index >= 15 is 0 Å². The lowest BCUT2D eigenvalue weighted by atomic mass is 10.1. The molecule has 2 N–H and O–H groups in total. The maximum atomic E-state index is 12.0. The van der Waals surface area contributed by atoms with Crippen molar-refractivity contribution < 1.29 is 23.8 Å². The topological polar surface area (TPSA) is 85.9 Å². The van der Waals surface area contributed by atoms with Gasteiger partial charge in [-0.15, -0.1) is 0 Å². The van der Waals surface area contributed by atoms with Crippen LogP contribution in [0.5, 0.6) is 11.5 Å². The average molecular weight is 372 g/mol. The van der Waals surface area contributed by atoms with Crippen molar-refractivity contribution in [3.8, 4) is 11.5 Å². The van der Waals surface area contributed by atoms with Gasteiger partial charge in [-0.1, -0.05) is 6.07 Å². The number of ether oxygens (including phenoxy) is 3. The zero-order valence-corrected chi connectivity index (χ0v) is 15.7. The van der Waals surface area contributed by atoms with Crippen molar-refractivity contribution in [2.24, 2.45) is 0 Å². The Morgan fingerprint density at radius 1 is 0.926 bits per heavy atom. The van der Waals surface area contributed by atoms with Gasteiger partial charge in [0.2, 0.25) is 5.91 Å². The summed E-state index contributed by atoms with van der Waals surface area (Å²) in [6, 6.07) is 12.3. The third-order valence-corrected chi connectivity index (χ3v) is 3.91. The molecule has 0 spiro atoms. The molecule has 144 valence electrons. The molecule has 0 aliphatic rings. The second-order valence-electron chi connectivity index (χ2n) is 5.73. The highest BCUT2D eigenvalue weighted by Crippen LogP contribution is 2.27. The molecule has 27 heavy (non-hydrogen) atoms. The van der Waals surface area contributed by atoms with Crippen LogP contribution in [-0.4, -0.2) is 46.3 Å². The van der Waals surface area contributed by atoms with Crippen molar-refractivity contribution in [3.63, 3.8) is 0 Å². The second-order valence-corrected chi connectivity index (χ2v) is 5.73. The highest BCUT2D eigenvalue weighted by atomic mass is 16.5. The summed E-state index contributed by atoms with van der Waals surface area (Å²) < 4.78 is 15.1. The van der Waals surface area contributed by atoms with Crippen LogP contribution in [0.25, 0.3) is 0 Å². The molecule has 7 nitrogen and oxygen atoms in total. The lowest BCUT2D eigenvalue weighted by Gasteiger charge is -2.10. The number of benzene rings is 2. The minimum atomic E-state index is -0.412. The first kappa shape index (κ1) is 20.3. The fraction of sp³-hybridized carbons (Fsp3) is 0.300. The summed E-state index contributed by atoms with van der Waals surface area (Å²) >= 11 is 0. The van der Waals surface area contributed by atoms with Crippen molar-refractivity contribution in [1.82, 2.24) is 5.32 Å². The Morgan fingerprint density at radius 2 is 1.63 bits per heavy atom. The lowest BCUT2D eigenvalue weighted by molar-refractivity contribution is -0.115. The quantitative estimate of drug-likeness (QED) is 0.519. The smallest absolute Gasteiger partial charge is 0.337 e. The molecule has 0 heterocycles. The van der Waals surface area contributed by atoms with Crippen LogP contribution in [-0.2, 0) is 16.0 Å². The maximum Gasteiger partial charge on any atom is 0.337 e. The number of anilines is 1. The molecule has 2 aromatic rings. The van der Waals surface area contributed by atoms with Gasteiger partial charge in [0.1, 0.15) is 0 Å². The molecule has 0 atom stereocenters. The number of carbonyl (C=O) groups is 2. The van der Waals surface area contributed by atoms with Gasteiger partial charge < -0.3 is 24.8 Å². The van der Waals surface area contributed by atoms with E-state index in [9.17, 15) is 9.59 Å². The predicted octanol–water partition coefficient (Wildman–Crippen LogP) is 2.26. The average Bonchev–Trinajstić information content (AvgIpc) is 2.71. The summed E-state index contributed by atoms with van der Waals surface area (Å²) in [5.41, 5.74) is 2.14. The Labute approximate surface area is 158 Å². The molecular weight excluding hydrogens is 348 g/mol. The van der Waals surface area contributed by atoms with Gasteiger partial charge in [0.25, 0.3) is 0 Å². The third-order valence-electron chi connectivity index (χ3n) is 3.91. The molecule has 0 bridgehead atoms. The van der Waals surface area contributed by atoms with E-state index in [1.54, 1.807) is 38.5 Å². The van der Waals surface area contributed by atoms with Gasteiger partial charge >= 0.3 is 5.97 Å². The number of nitrogens with one attached hydrogen (secondary N) is 2. The van der Waals surface area contributed by atoms with E-state index < -0.39 is 5.97 Å². The molecule has 0 aromatic heterocycles. The van der Waals surface area contributed by atoms with E-state index in [0.29, 0.717) is 29.3 Å². The van der Waals surface area contributed by atoms with Crippen molar-refractivity contribution in [2.75, 3.05) is 39.7 Å². The van der Waals surface area contributed by atoms with E-state index in [1.165, 1.54) is 7.11 Å². The zero-order chi connectivity index (χ0) is 19.6. The Balaban J connectivity index is 1.75. The molecule has 2 aromatic carbocycles. The molecule has 0 saturated heterocycles. The second kappa shape index (κ2) is 10.2. The molecule has 7 heteroatoms. The Kier molecular flexibility index (Phi) is 7.63. The van der Waals surface area contributed by atoms with Crippen LogP contribution < -0.4 is 20.1 Å². The monoisotopic (exact) mass is 372 g/mol. The first-order valence-corrected chi connectivity index (χ1v) is 8.47. The molecule has 0 aliphatic heterocycles. The predicted molar refractivity (Wildman–Crippen MR) is 103 cm³/mol. The van der Waals surface area contributed by atoms with E-state index in [2.05, 4.69) is 15.4 Å². The Hall–Kier alpha value is -3.06. The minimum Gasteiger partial charge on any atom is -0.493 e. The number of carbonyl (C=O) groups excluding carboxylic acids is 2. The van der Waals surface area contributed by atoms with Crippen LogP contribution in [0, 0.1) is 0 Å². The molecule has 1 amide bonds. The fourth-order valence-corrected chi connectivity index (χ4v) is 2.48. The van der Waals surface area contributed by atoms with Gasteiger partial charge in [-0.2, -0.15) is 0 Å². The first-order valence-electron chi connectivity index (χ1n) is 8.47. The molecule has 0 radical (unpaired) electrons. The van der Waals surface area contributed by atoms with Crippen LogP contribution in [0.2, 0.25) is 0 Å². The zero-order valence-electron chi connectivity index (χ0n) is 15.7. The highest BCUT2D eigenvalue weighted by molar-refractivity contribution is 5.93. The molecule has 0 unspecified atom stereocenters. The van der Waals surface area contributed by atoms with Crippen molar-refractivity contribution >= 4 is 17.6 Å². The van der Waals surface area contributed by atoms with E-state index in [4.69, 9.17) is 9.47 Å². The normalized spacial score (nSPS) is 10.2. The lowest BCUT2D eigenvalue weighted by Crippen LogP contribution is -2.29. The van der Waals surface area contributed by atoms with Crippen LogP contribution in [0.4, 0.5) is 5.69 Å². The minimum absolute atomic E-state index is 0.159. The summed E-state index contributed by atoms with van der Waals surface area (Å²) in [4.78, 5) is 23.4. The van der Waals surface area contributed by atoms with Gasteiger partial charge in [-0.3, -0.25) is 4.79 Å². The summed E-state index contributed by atoms with van der Waals surface area (Å²) in [5, 5.41) is 5.87. The summed E-state index contributed by atoms with van der Waals surface area (Å²) in [7, 11) is 4.52. The van der Waals surface area contributed by atoms with Crippen molar-refractivity contribution in [3.05, 3.63) is 53.6 Å². The summed E-state index contributed by atoms with van der Waals surface area (Å²) in [5.74, 6) is 0.799. The van der Waals surface area contributed by atoms with Gasteiger partial charge in [0.05, 0.1) is 33.4 Å². The van der Waals surface area contributed by atoms with Crippen molar-refractivity contribution in [2.45, 2.75) is 6.42 Å². The highest BCUT2D eigenvalue weighted by Gasteiger charge is 2.07. The number of hydrogen-bond acceptors (Lipinski definition) is 6.